The Hall–Kier alpha value is -2.15. The van der Waals surface area contributed by atoms with Crippen LogP contribution in [0.4, 0.5) is 0 Å². The van der Waals surface area contributed by atoms with Gasteiger partial charge in [-0.1, -0.05) is 0 Å². The fourth-order valence-electron chi connectivity index (χ4n) is 1.99. The Balaban J connectivity index is 1.63. The largest absolute Gasteiger partial charge is 0.476 e. The van der Waals surface area contributed by atoms with E-state index in [2.05, 4.69) is 10.3 Å². The number of thiazole rings is 1. The van der Waals surface area contributed by atoms with Crippen LogP contribution in [-0.4, -0.2) is 26.5 Å². The molecule has 2 aromatic rings. The maximum Gasteiger partial charge on any atom is 0.355 e. The summed E-state index contributed by atoms with van der Waals surface area (Å²) < 4.78 is 1.99. The highest BCUT2D eigenvalue weighted by Gasteiger charge is 2.26. The van der Waals surface area contributed by atoms with E-state index < -0.39 is 5.97 Å². The molecule has 2 N–H and O–H groups in total. The third kappa shape index (κ3) is 2.57. The summed E-state index contributed by atoms with van der Waals surface area (Å²) in [5, 5.41) is 13.6. The monoisotopic (exact) mass is 291 g/mol. The Morgan fingerprint density at radius 1 is 1.50 bits per heavy atom. The molecule has 0 unspecified atom stereocenters. The van der Waals surface area contributed by atoms with Gasteiger partial charge in [0.1, 0.15) is 10.7 Å². The summed E-state index contributed by atoms with van der Waals surface area (Å²) in [5.41, 5.74) is 0.656. The lowest BCUT2D eigenvalue weighted by molar-refractivity contribution is 0.0691. The van der Waals surface area contributed by atoms with E-state index in [4.69, 9.17) is 5.11 Å². The van der Waals surface area contributed by atoms with Crippen LogP contribution in [0, 0.1) is 0 Å². The van der Waals surface area contributed by atoms with Crippen molar-refractivity contribution in [3.63, 3.8) is 0 Å². The Bertz CT molecular complexity index is 657. The van der Waals surface area contributed by atoms with Crippen LogP contribution >= 0.6 is 11.3 Å². The fourth-order valence-corrected chi connectivity index (χ4v) is 2.70. The molecule has 104 valence electrons. The molecular weight excluding hydrogens is 278 g/mol. The SMILES string of the molecule is O=C(O)c1csc(CNC(=O)c2cccn2C2CC2)n1. The topological polar surface area (TPSA) is 84.2 Å². The van der Waals surface area contributed by atoms with Crippen LogP contribution in [0.3, 0.4) is 0 Å². The smallest absolute Gasteiger partial charge is 0.355 e. The van der Waals surface area contributed by atoms with Crippen molar-refractivity contribution >= 4 is 23.2 Å². The summed E-state index contributed by atoms with van der Waals surface area (Å²) in [6.07, 6.45) is 4.14. The van der Waals surface area contributed by atoms with E-state index >= 15 is 0 Å². The zero-order valence-electron chi connectivity index (χ0n) is 10.6. The first-order valence-electron chi connectivity index (χ1n) is 6.28. The maximum absolute atomic E-state index is 12.1. The van der Waals surface area contributed by atoms with E-state index in [1.54, 1.807) is 6.07 Å². The van der Waals surface area contributed by atoms with Gasteiger partial charge < -0.3 is 15.0 Å². The standard InChI is InChI=1S/C13H13N3O3S/c17-12(10-2-1-5-16(10)8-3-4-8)14-6-11-15-9(7-20-11)13(18)19/h1-2,5,7-8H,3-4,6H2,(H,14,17)(H,18,19). The van der Waals surface area contributed by atoms with Crippen LogP contribution in [-0.2, 0) is 6.54 Å². The first-order chi connectivity index (χ1) is 9.65. The number of aromatic carboxylic acids is 1. The number of nitrogens with one attached hydrogen (secondary N) is 1. The van der Waals surface area contributed by atoms with Gasteiger partial charge in [-0.15, -0.1) is 11.3 Å². The molecule has 1 aliphatic rings. The molecule has 2 aromatic heterocycles. The normalized spacial score (nSPS) is 14.2. The Morgan fingerprint density at radius 2 is 2.30 bits per heavy atom. The molecule has 0 bridgehead atoms. The first kappa shape index (κ1) is 12.9. The molecule has 6 nitrogen and oxygen atoms in total. The lowest BCUT2D eigenvalue weighted by Crippen LogP contribution is -2.25. The van der Waals surface area contributed by atoms with Gasteiger partial charge in [-0.3, -0.25) is 4.79 Å². The average molecular weight is 291 g/mol. The van der Waals surface area contributed by atoms with Crippen LogP contribution in [0.25, 0.3) is 0 Å². The minimum absolute atomic E-state index is 0.0144. The van der Waals surface area contributed by atoms with Crippen LogP contribution < -0.4 is 5.32 Å². The minimum Gasteiger partial charge on any atom is -0.476 e. The molecule has 20 heavy (non-hydrogen) atoms. The van der Waals surface area contributed by atoms with E-state index in [1.165, 1.54) is 16.7 Å². The molecule has 1 fully saturated rings. The Labute approximate surface area is 119 Å². The summed E-state index contributed by atoms with van der Waals surface area (Å²) in [6, 6.07) is 4.10. The summed E-state index contributed by atoms with van der Waals surface area (Å²) in [7, 11) is 0. The summed E-state index contributed by atoms with van der Waals surface area (Å²) >= 11 is 1.23. The van der Waals surface area contributed by atoms with E-state index in [0.29, 0.717) is 16.7 Å². The van der Waals surface area contributed by atoms with Crippen molar-refractivity contribution in [3.05, 3.63) is 40.1 Å². The number of rotatable bonds is 5. The molecule has 0 radical (unpaired) electrons. The fraction of sp³-hybridized carbons (Fsp3) is 0.308. The summed E-state index contributed by atoms with van der Waals surface area (Å²) in [4.78, 5) is 26.8. The molecule has 7 heteroatoms. The Kier molecular flexibility index (Phi) is 3.27. The number of aromatic nitrogens is 2. The van der Waals surface area contributed by atoms with Gasteiger partial charge in [-0.2, -0.15) is 0 Å². The molecule has 1 saturated carbocycles. The van der Waals surface area contributed by atoms with Crippen molar-refractivity contribution in [3.8, 4) is 0 Å². The van der Waals surface area contributed by atoms with E-state index in [0.717, 1.165) is 12.8 Å². The highest BCUT2D eigenvalue weighted by molar-refractivity contribution is 7.09. The number of nitrogens with zero attached hydrogens (tertiary/aromatic N) is 2. The second-order valence-corrected chi connectivity index (χ2v) is 5.59. The van der Waals surface area contributed by atoms with Gasteiger partial charge in [0.15, 0.2) is 5.69 Å². The number of hydrogen-bond acceptors (Lipinski definition) is 4. The van der Waals surface area contributed by atoms with Crippen molar-refractivity contribution in [2.45, 2.75) is 25.4 Å². The molecular formula is C13H13N3O3S. The second kappa shape index (κ2) is 5.09. The maximum atomic E-state index is 12.1. The van der Waals surface area contributed by atoms with Crippen molar-refractivity contribution in [1.82, 2.24) is 14.9 Å². The van der Waals surface area contributed by atoms with Gasteiger partial charge in [-0.05, 0) is 25.0 Å². The molecule has 0 atom stereocenters. The molecule has 1 amide bonds. The number of carboxylic acid groups (broad SMARTS) is 1. The Morgan fingerprint density at radius 3 is 2.95 bits per heavy atom. The molecule has 0 aromatic carbocycles. The second-order valence-electron chi connectivity index (χ2n) is 4.65. The highest BCUT2D eigenvalue weighted by atomic mass is 32.1. The van der Waals surface area contributed by atoms with Crippen LogP contribution in [0.5, 0.6) is 0 Å². The van der Waals surface area contributed by atoms with Crippen LogP contribution in [0.15, 0.2) is 23.7 Å². The highest BCUT2D eigenvalue weighted by Crippen LogP contribution is 2.35. The number of amides is 1. The van der Waals surface area contributed by atoms with Crippen molar-refractivity contribution in [2.75, 3.05) is 0 Å². The minimum atomic E-state index is -1.05. The predicted octanol–water partition coefficient (Wildman–Crippen LogP) is 1.91. The third-order valence-electron chi connectivity index (χ3n) is 3.12. The quantitative estimate of drug-likeness (QED) is 0.881. The number of hydrogen-bond donors (Lipinski definition) is 2. The van der Waals surface area contributed by atoms with Gasteiger partial charge in [0.2, 0.25) is 0 Å². The summed E-state index contributed by atoms with van der Waals surface area (Å²) in [6.45, 7) is 0.243. The molecule has 2 heterocycles. The molecule has 0 saturated heterocycles. The van der Waals surface area contributed by atoms with Crippen molar-refractivity contribution < 1.29 is 14.7 Å². The number of carbonyl (C=O) groups is 2. The molecule has 0 aliphatic heterocycles. The number of carbonyl (C=O) groups excluding carboxylic acids is 1. The first-order valence-corrected chi connectivity index (χ1v) is 7.16. The predicted molar refractivity (Wildman–Crippen MR) is 72.9 cm³/mol. The van der Waals surface area contributed by atoms with Gasteiger partial charge >= 0.3 is 5.97 Å². The van der Waals surface area contributed by atoms with Crippen LogP contribution in [0.2, 0.25) is 0 Å². The lowest BCUT2D eigenvalue weighted by Gasteiger charge is -2.07. The average Bonchev–Trinajstić information content (AvgIpc) is 2.98. The third-order valence-corrected chi connectivity index (χ3v) is 3.97. The molecule has 1 aliphatic carbocycles. The molecule has 0 spiro atoms. The van der Waals surface area contributed by atoms with Crippen LogP contribution in [0.1, 0.15) is 44.9 Å². The van der Waals surface area contributed by atoms with Crippen molar-refractivity contribution in [1.29, 1.82) is 0 Å². The van der Waals surface area contributed by atoms with Gasteiger partial charge in [0, 0.05) is 17.6 Å². The zero-order chi connectivity index (χ0) is 14.1. The van der Waals surface area contributed by atoms with Crippen molar-refractivity contribution in [2.24, 2.45) is 0 Å². The molecule has 3 rings (SSSR count). The lowest BCUT2D eigenvalue weighted by atomic mass is 10.4. The van der Waals surface area contributed by atoms with Gasteiger partial charge in [0.05, 0.1) is 6.54 Å². The summed E-state index contributed by atoms with van der Waals surface area (Å²) in [5.74, 6) is -1.21. The zero-order valence-corrected chi connectivity index (χ0v) is 11.4. The van der Waals surface area contributed by atoms with E-state index in [1.807, 2.05) is 16.8 Å². The van der Waals surface area contributed by atoms with E-state index in [-0.39, 0.29) is 18.1 Å². The van der Waals surface area contributed by atoms with Gasteiger partial charge in [0.25, 0.3) is 5.91 Å². The van der Waals surface area contributed by atoms with E-state index in [9.17, 15) is 9.59 Å². The number of carboxylic acids is 1. The van der Waals surface area contributed by atoms with Gasteiger partial charge in [-0.25, -0.2) is 9.78 Å².